The molecule has 2 heterocycles. The maximum atomic E-state index is 14.4. The first-order chi connectivity index (χ1) is 16.6. The minimum absolute atomic E-state index is 0. The molecule has 3 aromatic rings. The van der Waals surface area contributed by atoms with E-state index in [1.807, 2.05) is 45.9 Å². The molecule has 1 aliphatic heterocycles. The van der Waals surface area contributed by atoms with E-state index in [1.54, 1.807) is 18.5 Å². The van der Waals surface area contributed by atoms with Crippen LogP contribution in [0.15, 0.2) is 60.9 Å². The second-order valence-corrected chi connectivity index (χ2v) is 9.29. The number of aliphatic hydroxyl groups is 1. The van der Waals surface area contributed by atoms with Gasteiger partial charge in [-0.2, -0.15) is 0 Å². The number of hydrogen-bond acceptors (Lipinski definition) is 4. The Morgan fingerprint density at radius 3 is 2.60 bits per heavy atom. The second-order valence-electron chi connectivity index (χ2n) is 9.29. The van der Waals surface area contributed by atoms with Gasteiger partial charge < -0.3 is 19.9 Å². The number of imidazole rings is 1. The summed E-state index contributed by atoms with van der Waals surface area (Å²) in [6.45, 7) is 1.82. The fourth-order valence-corrected chi connectivity index (χ4v) is 5.33. The second kappa shape index (κ2) is 11.3. The molecular formula is C27H32ClFN4O2. The van der Waals surface area contributed by atoms with Gasteiger partial charge in [-0.25, -0.2) is 9.37 Å². The molecule has 0 radical (unpaired) electrons. The number of hydrogen-bond donors (Lipinski definition) is 2. The summed E-state index contributed by atoms with van der Waals surface area (Å²) in [6.07, 6.45) is 5.35. The van der Waals surface area contributed by atoms with Gasteiger partial charge in [-0.15, -0.1) is 12.4 Å². The number of halogens is 2. The number of aromatic nitrogens is 2. The monoisotopic (exact) mass is 498 g/mol. The maximum Gasteiger partial charge on any atom is 0.275 e. The highest BCUT2D eigenvalue weighted by Gasteiger charge is 2.34. The molecule has 3 atom stereocenters. The first-order valence-corrected chi connectivity index (χ1v) is 12.2. The minimum Gasteiger partial charge on any atom is -0.391 e. The molecule has 6 nitrogen and oxygen atoms in total. The number of amides is 1. The molecule has 35 heavy (non-hydrogen) atoms. The molecule has 2 N–H and O–H groups in total. The van der Waals surface area contributed by atoms with Crippen LogP contribution in [0.1, 0.15) is 47.8 Å². The number of carbonyl (C=O) groups is 1. The molecule has 8 heteroatoms. The lowest BCUT2D eigenvalue weighted by Gasteiger charge is -2.36. The van der Waals surface area contributed by atoms with Crippen LogP contribution in [0.2, 0.25) is 0 Å². The molecule has 1 aromatic heterocycles. The molecule has 1 saturated heterocycles. The van der Waals surface area contributed by atoms with E-state index < -0.39 is 6.10 Å². The standard InChI is InChI=1S/C27H31FN4O2.ClH/c28-22-11-5-4-10-20(22)16-21-17-29-14-15-31(21)27(34)25-26(19-8-2-1-3-9-19)32(18-30-25)23-12-6-7-13-24(23)33;/h1-5,8-11,18,21,23-24,29,33H,6-7,12-17H2;1H/t21-,23+,24-;/m1./s1. The van der Waals surface area contributed by atoms with Crippen molar-refractivity contribution < 1.29 is 14.3 Å². The Balaban J connectivity index is 0.00000289. The van der Waals surface area contributed by atoms with E-state index in [2.05, 4.69) is 10.3 Å². The van der Waals surface area contributed by atoms with Crippen molar-refractivity contribution in [3.63, 3.8) is 0 Å². The summed E-state index contributed by atoms with van der Waals surface area (Å²) in [5.41, 5.74) is 2.65. The van der Waals surface area contributed by atoms with Crippen molar-refractivity contribution in [3.8, 4) is 11.3 Å². The molecule has 0 spiro atoms. The van der Waals surface area contributed by atoms with Gasteiger partial charge in [-0.05, 0) is 30.9 Å². The lowest BCUT2D eigenvalue weighted by atomic mass is 9.92. The summed E-state index contributed by atoms with van der Waals surface area (Å²) in [4.78, 5) is 20.4. The van der Waals surface area contributed by atoms with Gasteiger partial charge in [-0.3, -0.25) is 4.79 Å². The van der Waals surface area contributed by atoms with E-state index >= 15 is 0 Å². The smallest absolute Gasteiger partial charge is 0.275 e. The van der Waals surface area contributed by atoms with E-state index in [-0.39, 0.29) is 36.2 Å². The Morgan fingerprint density at radius 2 is 1.83 bits per heavy atom. The number of nitrogens with zero attached hydrogens (tertiary/aromatic N) is 3. The van der Waals surface area contributed by atoms with Gasteiger partial charge in [0.1, 0.15) is 5.82 Å². The number of benzene rings is 2. The molecule has 2 aliphatic rings. The van der Waals surface area contributed by atoms with Crippen molar-refractivity contribution in [2.24, 2.45) is 0 Å². The van der Waals surface area contributed by atoms with Gasteiger partial charge in [0.2, 0.25) is 0 Å². The van der Waals surface area contributed by atoms with Crippen LogP contribution >= 0.6 is 12.4 Å². The zero-order valence-corrected chi connectivity index (χ0v) is 20.5. The number of piperazine rings is 1. The highest BCUT2D eigenvalue weighted by molar-refractivity contribution is 5.98. The molecule has 2 fully saturated rings. The van der Waals surface area contributed by atoms with E-state index in [0.717, 1.165) is 36.9 Å². The summed E-state index contributed by atoms with van der Waals surface area (Å²) in [6, 6.07) is 16.3. The third-order valence-electron chi connectivity index (χ3n) is 7.12. The summed E-state index contributed by atoms with van der Waals surface area (Å²) in [7, 11) is 0. The van der Waals surface area contributed by atoms with Gasteiger partial charge in [0.05, 0.1) is 24.2 Å². The molecule has 1 aliphatic carbocycles. The molecule has 0 bridgehead atoms. The molecule has 5 rings (SSSR count). The largest absolute Gasteiger partial charge is 0.391 e. The SMILES string of the molecule is Cl.O=C(c1ncn([C@H]2CCCC[C@H]2O)c1-c1ccccc1)N1CCNC[C@H]1Cc1ccccc1F. The maximum absolute atomic E-state index is 14.4. The van der Waals surface area contributed by atoms with Crippen molar-refractivity contribution >= 4 is 18.3 Å². The van der Waals surface area contributed by atoms with Gasteiger partial charge >= 0.3 is 0 Å². The average molecular weight is 499 g/mol. The zero-order chi connectivity index (χ0) is 23.5. The lowest BCUT2D eigenvalue weighted by Crippen LogP contribution is -2.54. The summed E-state index contributed by atoms with van der Waals surface area (Å²) in [5, 5.41) is 14.1. The third kappa shape index (κ3) is 5.27. The summed E-state index contributed by atoms with van der Waals surface area (Å²) < 4.78 is 16.4. The topological polar surface area (TPSA) is 70.4 Å². The van der Waals surface area contributed by atoms with Gasteiger partial charge in [0.15, 0.2) is 5.69 Å². The van der Waals surface area contributed by atoms with E-state index in [9.17, 15) is 14.3 Å². The fourth-order valence-electron chi connectivity index (χ4n) is 5.33. The van der Waals surface area contributed by atoms with Crippen LogP contribution < -0.4 is 5.32 Å². The van der Waals surface area contributed by atoms with Gasteiger partial charge in [0.25, 0.3) is 5.91 Å². The number of rotatable bonds is 5. The first kappa shape index (κ1) is 25.4. The van der Waals surface area contributed by atoms with Gasteiger partial charge in [0, 0.05) is 31.2 Å². The minimum atomic E-state index is -0.457. The van der Waals surface area contributed by atoms with E-state index in [1.165, 1.54) is 6.07 Å². The lowest BCUT2D eigenvalue weighted by molar-refractivity contribution is 0.0628. The first-order valence-electron chi connectivity index (χ1n) is 12.2. The van der Waals surface area contributed by atoms with Crippen LogP contribution in [0.3, 0.4) is 0 Å². The predicted octanol–water partition coefficient (Wildman–Crippen LogP) is 4.24. The molecule has 0 unspecified atom stereocenters. The Kier molecular flexibility index (Phi) is 8.21. The van der Waals surface area contributed by atoms with E-state index in [4.69, 9.17) is 0 Å². The predicted molar refractivity (Wildman–Crippen MR) is 136 cm³/mol. The number of nitrogens with one attached hydrogen (secondary N) is 1. The van der Waals surface area contributed by atoms with Crippen LogP contribution in [0.5, 0.6) is 0 Å². The van der Waals surface area contributed by atoms with Gasteiger partial charge in [-0.1, -0.05) is 61.4 Å². The van der Waals surface area contributed by atoms with Crippen molar-refractivity contribution in [3.05, 3.63) is 78.0 Å². The molecule has 1 amide bonds. The van der Waals surface area contributed by atoms with Crippen molar-refractivity contribution in [2.45, 2.75) is 50.3 Å². The zero-order valence-electron chi connectivity index (χ0n) is 19.6. The quantitative estimate of drug-likeness (QED) is 0.552. The molecular weight excluding hydrogens is 467 g/mol. The Hall–Kier alpha value is -2.74. The molecule has 2 aromatic carbocycles. The van der Waals surface area contributed by atoms with Crippen molar-refractivity contribution in [1.29, 1.82) is 0 Å². The van der Waals surface area contributed by atoms with Crippen LogP contribution in [0, 0.1) is 5.82 Å². The number of aliphatic hydroxyl groups excluding tert-OH is 1. The Morgan fingerprint density at radius 1 is 1.09 bits per heavy atom. The van der Waals surface area contributed by atoms with Crippen LogP contribution in [-0.2, 0) is 6.42 Å². The highest BCUT2D eigenvalue weighted by Crippen LogP contribution is 2.35. The average Bonchev–Trinajstić information content (AvgIpc) is 3.31. The van der Waals surface area contributed by atoms with Crippen LogP contribution in [-0.4, -0.2) is 57.2 Å². The summed E-state index contributed by atoms with van der Waals surface area (Å²) >= 11 is 0. The van der Waals surface area contributed by atoms with Crippen LogP contribution in [0.25, 0.3) is 11.3 Å². The van der Waals surface area contributed by atoms with Crippen molar-refractivity contribution in [1.82, 2.24) is 19.8 Å². The molecule has 186 valence electrons. The fraction of sp³-hybridized carbons (Fsp3) is 0.407. The Labute approximate surface area is 211 Å². The third-order valence-corrected chi connectivity index (χ3v) is 7.12. The normalized spacial score (nSPS) is 22.5. The molecule has 1 saturated carbocycles. The van der Waals surface area contributed by atoms with Crippen molar-refractivity contribution in [2.75, 3.05) is 19.6 Å². The van der Waals surface area contributed by atoms with E-state index in [0.29, 0.717) is 37.3 Å². The Bertz CT molecular complexity index is 1140. The highest BCUT2D eigenvalue weighted by atomic mass is 35.5. The van der Waals surface area contributed by atoms with Crippen LogP contribution in [0.4, 0.5) is 4.39 Å². The number of carbonyl (C=O) groups excluding carboxylic acids is 1. The summed E-state index contributed by atoms with van der Waals surface area (Å²) in [5.74, 6) is -0.397.